The number of hydrogen-bond acceptors (Lipinski definition) is 9. The number of nitrogens with zero attached hydrogens (tertiary/aromatic N) is 3. The van der Waals surface area contributed by atoms with Crippen LogP contribution in [0, 0.1) is 6.92 Å². The molecule has 14 heteroatoms. The summed E-state index contributed by atoms with van der Waals surface area (Å²) in [7, 11) is 0. The second-order valence-electron chi connectivity index (χ2n) is 15.4. The zero-order valence-corrected chi connectivity index (χ0v) is 35.6. The van der Waals surface area contributed by atoms with Crippen molar-refractivity contribution in [3.8, 4) is 5.75 Å². The minimum Gasteiger partial charge on any atom is -0.494 e. The van der Waals surface area contributed by atoms with Gasteiger partial charge in [-0.3, -0.25) is 24.2 Å². The molecule has 14 nitrogen and oxygen atoms in total. The summed E-state index contributed by atoms with van der Waals surface area (Å²) >= 11 is 0. The van der Waals surface area contributed by atoms with E-state index in [2.05, 4.69) is 38.3 Å². The number of nitrogens with one attached hydrogen (secondary N) is 4. The fourth-order valence-electron chi connectivity index (χ4n) is 7.33. The predicted octanol–water partition coefficient (Wildman–Crippen LogP) is 5.83. The molecule has 0 saturated carbocycles. The van der Waals surface area contributed by atoms with Crippen LogP contribution in [0.2, 0.25) is 0 Å². The fourth-order valence-corrected chi connectivity index (χ4v) is 7.33. The van der Waals surface area contributed by atoms with Gasteiger partial charge in [0.2, 0.25) is 18.0 Å². The number of ether oxygens (including phenoxy) is 3. The van der Waals surface area contributed by atoms with Gasteiger partial charge in [-0.05, 0) is 87.2 Å². The number of hydrogen-bond donors (Lipinski definition) is 4. The third kappa shape index (κ3) is 14.5. The Morgan fingerprint density at radius 1 is 0.742 bits per heavy atom. The van der Waals surface area contributed by atoms with Gasteiger partial charge in [-0.25, -0.2) is 9.79 Å². The molecule has 4 N–H and O–H groups in total. The van der Waals surface area contributed by atoms with Crippen LogP contribution in [0.1, 0.15) is 60.8 Å². The van der Waals surface area contributed by atoms with E-state index < -0.39 is 24.0 Å². The lowest BCUT2D eigenvalue weighted by atomic mass is 10.0. The second-order valence-corrected chi connectivity index (χ2v) is 15.4. The summed E-state index contributed by atoms with van der Waals surface area (Å²) < 4.78 is 17.2. The van der Waals surface area contributed by atoms with E-state index in [0.29, 0.717) is 68.5 Å². The van der Waals surface area contributed by atoms with Gasteiger partial charge in [-0.15, -0.1) is 0 Å². The van der Waals surface area contributed by atoms with Crippen molar-refractivity contribution in [1.29, 1.82) is 0 Å². The molecule has 2 aliphatic rings. The SMILES string of the molecule is Cc1cccc(NC(=O)NC2N=C(c3ccccc3)c3ccccc3N(CC(=O)NCCOCCOCCCC(=O)NCCCOc3cccc(CN4CCCCC4)c3)C2=O)c1. The molecule has 0 bridgehead atoms. The minimum atomic E-state index is -1.32. The molecule has 1 unspecified atom stereocenters. The molecule has 328 valence electrons. The topological polar surface area (TPSA) is 163 Å². The maximum atomic E-state index is 14.1. The molecule has 4 aromatic carbocycles. The first-order valence-electron chi connectivity index (χ1n) is 21.6. The molecule has 0 radical (unpaired) electrons. The Balaban J connectivity index is 0.859. The maximum Gasteiger partial charge on any atom is 0.321 e. The Bertz CT molecular complexity index is 2110. The molecular weight excluding hydrogens is 787 g/mol. The summed E-state index contributed by atoms with van der Waals surface area (Å²) in [5, 5.41) is 11.3. The molecule has 62 heavy (non-hydrogen) atoms. The number of anilines is 2. The van der Waals surface area contributed by atoms with Crippen molar-refractivity contribution in [2.75, 3.05) is 76.0 Å². The molecule has 6 rings (SSSR count). The van der Waals surface area contributed by atoms with Crippen molar-refractivity contribution in [2.24, 2.45) is 4.99 Å². The van der Waals surface area contributed by atoms with E-state index >= 15 is 0 Å². The normalized spacial score (nSPS) is 15.2. The smallest absolute Gasteiger partial charge is 0.321 e. The van der Waals surface area contributed by atoms with Gasteiger partial charge < -0.3 is 35.5 Å². The molecule has 1 fully saturated rings. The minimum absolute atomic E-state index is 0.0194. The highest BCUT2D eigenvalue weighted by Gasteiger charge is 2.34. The summed E-state index contributed by atoms with van der Waals surface area (Å²) in [5.74, 6) is -0.120. The van der Waals surface area contributed by atoms with E-state index in [-0.39, 0.29) is 25.6 Å². The van der Waals surface area contributed by atoms with E-state index in [1.807, 2.05) is 79.7 Å². The molecule has 0 spiro atoms. The van der Waals surface area contributed by atoms with Crippen molar-refractivity contribution < 1.29 is 33.4 Å². The van der Waals surface area contributed by atoms with E-state index in [1.165, 1.54) is 29.7 Å². The first kappa shape index (κ1) is 45.4. The van der Waals surface area contributed by atoms with Crippen LogP contribution < -0.4 is 30.9 Å². The van der Waals surface area contributed by atoms with Crippen molar-refractivity contribution in [1.82, 2.24) is 20.9 Å². The molecule has 5 amide bonds. The number of urea groups is 1. The number of carbonyl (C=O) groups is 4. The van der Waals surface area contributed by atoms with E-state index in [4.69, 9.17) is 19.2 Å². The van der Waals surface area contributed by atoms with Crippen LogP contribution in [0.5, 0.6) is 5.75 Å². The van der Waals surface area contributed by atoms with Crippen LogP contribution in [0.3, 0.4) is 0 Å². The number of aliphatic imine (C=N–C) groups is 1. The number of likely N-dealkylation sites (tertiary alicyclic amines) is 1. The number of benzene rings is 4. The Kier molecular flexibility index (Phi) is 17.9. The van der Waals surface area contributed by atoms with Gasteiger partial charge in [-0.1, -0.05) is 79.2 Å². The monoisotopic (exact) mass is 845 g/mol. The van der Waals surface area contributed by atoms with Crippen LogP contribution in [0.15, 0.2) is 108 Å². The molecule has 1 atom stereocenters. The third-order valence-corrected chi connectivity index (χ3v) is 10.4. The van der Waals surface area contributed by atoms with Crippen LogP contribution in [-0.2, 0) is 30.4 Å². The van der Waals surface area contributed by atoms with Crippen molar-refractivity contribution in [3.63, 3.8) is 0 Å². The van der Waals surface area contributed by atoms with E-state index in [0.717, 1.165) is 42.9 Å². The van der Waals surface area contributed by atoms with Gasteiger partial charge in [0, 0.05) is 49.5 Å². The van der Waals surface area contributed by atoms with Gasteiger partial charge >= 0.3 is 6.03 Å². The number of benzodiazepines with no additional fused rings is 1. The van der Waals surface area contributed by atoms with Gasteiger partial charge in [0.15, 0.2) is 0 Å². The highest BCUT2D eigenvalue weighted by atomic mass is 16.5. The number of carbonyl (C=O) groups excluding carboxylic acids is 4. The first-order valence-corrected chi connectivity index (χ1v) is 21.6. The van der Waals surface area contributed by atoms with Crippen LogP contribution in [-0.4, -0.2) is 106 Å². The number of fused-ring (bicyclic) bond motifs is 1. The van der Waals surface area contributed by atoms with E-state index in [9.17, 15) is 19.2 Å². The number of piperidine rings is 1. The quantitative estimate of drug-likeness (QED) is 0.0719. The molecule has 2 aliphatic heterocycles. The number of aryl methyl sites for hydroxylation is 1. The molecule has 1 saturated heterocycles. The summed E-state index contributed by atoms with van der Waals surface area (Å²) in [4.78, 5) is 61.4. The zero-order valence-electron chi connectivity index (χ0n) is 35.6. The standard InChI is InChI=1S/C48H59N7O7/c1-36-14-10-18-39(32-36)51-48(59)53-46-47(58)55(42-21-7-6-20-41(42)45(52-46)38-16-4-2-5-17-38)35-44(57)50-24-29-61-31-30-60-27-12-22-43(56)49-23-13-28-62-40-19-11-15-37(33-40)34-54-25-8-3-9-26-54/h2,4-7,10-11,14-21,32-33,46H,3,8-9,12-13,22-31,34-35H2,1H3,(H,49,56)(H,50,57)(H2,51,53,59). The average molecular weight is 846 g/mol. The lowest BCUT2D eigenvalue weighted by molar-refractivity contribution is -0.124. The zero-order chi connectivity index (χ0) is 43.4. The molecule has 0 aromatic heterocycles. The molecule has 4 aromatic rings. The Morgan fingerprint density at radius 2 is 1.50 bits per heavy atom. The highest BCUT2D eigenvalue weighted by molar-refractivity contribution is 6.21. The first-order chi connectivity index (χ1) is 30.3. The summed E-state index contributed by atoms with van der Waals surface area (Å²) in [6, 6.07) is 31.6. The lowest BCUT2D eigenvalue weighted by Crippen LogP contribution is -2.51. The van der Waals surface area contributed by atoms with Crippen LogP contribution >= 0.6 is 0 Å². The Hall–Kier alpha value is -6.09. The fraction of sp³-hybridized carbons (Fsp3) is 0.396. The van der Waals surface area contributed by atoms with Crippen LogP contribution in [0.25, 0.3) is 0 Å². The Morgan fingerprint density at radius 3 is 2.32 bits per heavy atom. The highest BCUT2D eigenvalue weighted by Crippen LogP contribution is 2.28. The summed E-state index contributed by atoms with van der Waals surface area (Å²) in [5.41, 5.74) is 5.20. The van der Waals surface area contributed by atoms with Gasteiger partial charge in [0.05, 0.1) is 37.8 Å². The largest absolute Gasteiger partial charge is 0.494 e. The lowest BCUT2D eigenvalue weighted by Gasteiger charge is -2.26. The molecular formula is C48H59N7O7. The van der Waals surface area contributed by atoms with Crippen molar-refractivity contribution in [3.05, 3.63) is 125 Å². The molecule has 0 aliphatic carbocycles. The number of para-hydroxylation sites is 1. The van der Waals surface area contributed by atoms with Crippen molar-refractivity contribution >= 4 is 40.8 Å². The summed E-state index contributed by atoms with van der Waals surface area (Å²) in [6.45, 7) is 7.52. The number of rotatable bonds is 22. The summed E-state index contributed by atoms with van der Waals surface area (Å²) in [6.07, 6.45) is 4.23. The third-order valence-electron chi connectivity index (χ3n) is 10.4. The van der Waals surface area contributed by atoms with E-state index in [1.54, 1.807) is 18.2 Å². The van der Waals surface area contributed by atoms with Crippen molar-refractivity contribution in [2.45, 2.75) is 58.2 Å². The maximum absolute atomic E-state index is 14.1. The number of amides is 5. The van der Waals surface area contributed by atoms with Crippen LogP contribution in [0.4, 0.5) is 16.2 Å². The Labute approximate surface area is 364 Å². The average Bonchev–Trinajstić information content (AvgIpc) is 3.38. The van der Waals surface area contributed by atoms with Gasteiger partial charge in [0.25, 0.3) is 5.91 Å². The van der Waals surface area contributed by atoms with Gasteiger partial charge in [-0.2, -0.15) is 0 Å². The second kappa shape index (κ2) is 24.4. The van der Waals surface area contributed by atoms with Gasteiger partial charge in [0.1, 0.15) is 12.3 Å². The molecule has 2 heterocycles. The predicted molar refractivity (Wildman–Crippen MR) is 241 cm³/mol.